The first kappa shape index (κ1) is 16.3. The van der Waals surface area contributed by atoms with E-state index in [2.05, 4.69) is 24.1 Å². The third-order valence-electron chi connectivity index (χ3n) is 4.06. The molecule has 1 aliphatic rings. The second-order valence-electron chi connectivity index (χ2n) is 5.87. The highest BCUT2D eigenvalue weighted by Crippen LogP contribution is 2.30. The maximum atomic E-state index is 12.8. The molecule has 0 bridgehead atoms. The van der Waals surface area contributed by atoms with Gasteiger partial charge in [0.15, 0.2) is 0 Å². The Morgan fingerprint density at radius 1 is 1.33 bits per heavy atom. The first-order valence-corrected chi connectivity index (χ1v) is 7.53. The van der Waals surface area contributed by atoms with Gasteiger partial charge in [-0.3, -0.25) is 4.90 Å². The Balaban J connectivity index is 2.06. The summed E-state index contributed by atoms with van der Waals surface area (Å²) < 4.78 is 38.3. The van der Waals surface area contributed by atoms with Crippen molar-refractivity contribution in [2.45, 2.75) is 51.5 Å². The second kappa shape index (κ2) is 6.79. The summed E-state index contributed by atoms with van der Waals surface area (Å²) in [5.74, 6) is 0. The van der Waals surface area contributed by atoms with E-state index in [0.717, 1.165) is 37.6 Å². The van der Waals surface area contributed by atoms with Gasteiger partial charge in [0.2, 0.25) is 0 Å². The number of rotatable bonds is 4. The fourth-order valence-corrected chi connectivity index (χ4v) is 2.84. The van der Waals surface area contributed by atoms with Crippen LogP contribution in [0.2, 0.25) is 0 Å². The van der Waals surface area contributed by atoms with Crippen molar-refractivity contribution in [3.63, 3.8) is 0 Å². The Labute approximate surface area is 124 Å². The quantitative estimate of drug-likeness (QED) is 0.913. The van der Waals surface area contributed by atoms with Gasteiger partial charge in [0.05, 0.1) is 5.56 Å². The van der Waals surface area contributed by atoms with Gasteiger partial charge in [-0.15, -0.1) is 0 Å². The third-order valence-corrected chi connectivity index (χ3v) is 4.06. The van der Waals surface area contributed by atoms with Crippen LogP contribution in [0.1, 0.15) is 37.8 Å². The fourth-order valence-electron chi connectivity index (χ4n) is 2.84. The maximum Gasteiger partial charge on any atom is 0.416 e. The molecule has 0 aromatic heterocycles. The molecule has 2 unspecified atom stereocenters. The zero-order valence-electron chi connectivity index (χ0n) is 12.6. The summed E-state index contributed by atoms with van der Waals surface area (Å²) in [6.45, 7) is 6.63. The Morgan fingerprint density at radius 2 is 2.10 bits per heavy atom. The molecule has 1 aromatic rings. The number of nitrogens with one attached hydrogen (secondary N) is 1. The van der Waals surface area contributed by atoms with E-state index in [1.807, 2.05) is 0 Å². The number of piperazine rings is 1. The van der Waals surface area contributed by atoms with Gasteiger partial charge < -0.3 is 5.32 Å². The molecule has 0 amide bonds. The van der Waals surface area contributed by atoms with Gasteiger partial charge in [0, 0.05) is 31.7 Å². The van der Waals surface area contributed by atoms with Crippen LogP contribution in [0.25, 0.3) is 0 Å². The van der Waals surface area contributed by atoms with Crippen molar-refractivity contribution in [3.05, 3.63) is 35.4 Å². The highest BCUT2D eigenvalue weighted by molar-refractivity contribution is 5.25. The lowest BCUT2D eigenvalue weighted by atomic mass is 10.0. The summed E-state index contributed by atoms with van der Waals surface area (Å²) >= 11 is 0. The number of nitrogens with zero attached hydrogens (tertiary/aromatic N) is 1. The average molecular weight is 300 g/mol. The summed E-state index contributed by atoms with van der Waals surface area (Å²) in [4.78, 5) is 2.27. The van der Waals surface area contributed by atoms with Crippen LogP contribution in [0.15, 0.2) is 24.3 Å². The molecule has 0 radical (unpaired) electrons. The topological polar surface area (TPSA) is 15.3 Å². The van der Waals surface area contributed by atoms with E-state index in [1.165, 1.54) is 12.1 Å². The molecule has 0 spiro atoms. The van der Waals surface area contributed by atoms with Crippen molar-refractivity contribution in [2.75, 3.05) is 13.1 Å². The molecule has 118 valence electrons. The van der Waals surface area contributed by atoms with Crippen LogP contribution < -0.4 is 5.32 Å². The van der Waals surface area contributed by atoms with Crippen molar-refractivity contribution >= 4 is 0 Å². The largest absolute Gasteiger partial charge is 0.416 e. The molecule has 1 aliphatic heterocycles. The van der Waals surface area contributed by atoms with Gasteiger partial charge in [-0.25, -0.2) is 0 Å². The van der Waals surface area contributed by atoms with Gasteiger partial charge in [0.25, 0.3) is 0 Å². The van der Waals surface area contributed by atoms with Crippen LogP contribution in [0.5, 0.6) is 0 Å². The normalized spacial score (nSPS) is 24.2. The van der Waals surface area contributed by atoms with Crippen molar-refractivity contribution in [1.82, 2.24) is 10.2 Å². The van der Waals surface area contributed by atoms with Gasteiger partial charge >= 0.3 is 6.18 Å². The first-order chi connectivity index (χ1) is 9.90. The van der Waals surface area contributed by atoms with E-state index >= 15 is 0 Å². The highest BCUT2D eigenvalue weighted by atomic mass is 19.4. The summed E-state index contributed by atoms with van der Waals surface area (Å²) in [5, 5.41) is 3.50. The standard InChI is InChI=1S/C16H23F3N2/c1-3-5-15-11-21(12(2)9-20-15)10-13-6-4-7-14(8-13)16(17,18)19/h4,6-8,12,15,20H,3,5,9-11H2,1-2H3. The lowest BCUT2D eigenvalue weighted by molar-refractivity contribution is -0.137. The van der Waals surface area contributed by atoms with E-state index in [0.29, 0.717) is 18.6 Å². The number of hydrogen-bond acceptors (Lipinski definition) is 2. The lowest BCUT2D eigenvalue weighted by Crippen LogP contribution is -2.54. The van der Waals surface area contributed by atoms with Crippen LogP contribution in [0.4, 0.5) is 13.2 Å². The number of alkyl halides is 3. The molecule has 1 aromatic carbocycles. The number of benzene rings is 1. The van der Waals surface area contributed by atoms with Crippen molar-refractivity contribution in [1.29, 1.82) is 0 Å². The molecule has 2 atom stereocenters. The summed E-state index contributed by atoms with van der Waals surface area (Å²) in [7, 11) is 0. The fraction of sp³-hybridized carbons (Fsp3) is 0.625. The Morgan fingerprint density at radius 3 is 2.76 bits per heavy atom. The van der Waals surface area contributed by atoms with Gasteiger partial charge in [0.1, 0.15) is 0 Å². The molecule has 1 fully saturated rings. The van der Waals surface area contributed by atoms with Crippen molar-refractivity contribution in [2.24, 2.45) is 0 Å². The number of hydrogen-bond donors (Lipinski definition) is 1. The molecule has 0 saturated carbocycles. The van der Waals surface area contributed by atoms with Gasteiger partial charge in [-0.1, -0.05) is 31.5 Å². The molecule has 2 rings (SSSR count). The van der Waals surface area contributed by atoms with E-state index in [-0.39, 0.29) is 0 Å². The maximum absolute atomic E-state index is 12.8. The van der Waals surface area contributed by atoms with Crippen LogP contribution in [-0.2, 0) is 12.7 Å². The smallest absolute Gasteiger partial charge is 0.311 e. The van der Waals surface area contributed by atoms with Crippen molar-refractivity contribution < 1.29 is 13.2 Å². The molecular formula is C16H23F3N2. The minimum Gasteiger partial charge on any atom is -0.311 e. The van der Waals surface area contributed by atoms with Crippen LogP contribution in [0, 0.1) is 0 Å². The van der Waals surface area contributed by atoms with Crippen molar-refractivity contribution in [3.8, 4) is 0 Å². The van der Waals surface area contributed by atoms with E-state index in [9.17, 15) is 13.2 Å². The summed E-state index contributed by atoms with van der Waals surface area (Å²) in [6.07, 6.45) is -2.05. The van der Waals surface area contributed by atoms with Crippen LogP contribution in [0.3, 0.4) is 0 Å². The molecule has 21 heavy (non-hydrogen) atoms. The van der Waals surface area contributed by atoms with Gasteiger partial charge in [-0.05, 0) is 25.0 Å². The first-order valence-electron chi connectivity index (χ1n) is 7.53. The number of halogens is 3. The molecule has 1 N–H and O–H groups in total. The minimum absolute atomic E-state index is 0.340. The van der Waals surface area contributed by atoms with E-state index < -0.39 is 11.7 Å². The zero-order valence-corrected chi connectivity index (χ0v) is 12.6. The highest BCUT2D eigenvalue weighted by Gasteiger charge is 2.31. The minimum atomic E-state index is -4.27. The molecule has 1 saturated heterocycles. The van der Waals surface area contributed by atoms with Gasteiger partial charge in [-0.2, -0.15) is 13.2 Å². The summed E-state index contributed by atoms with van der Waals surface area (Å²) in [6, 6.07) is 6.45. The average Bonchev–Trinajstić information content (AvgIpc) is 2.42. The molecule has 5 heteroatoms. The predicted molar refractivity (Wildman–Crippen MR) is 78.0 cm³/mol. The summed E-state index contributed by atoms with van der Waals surface area (Å²) in [5.41, 5.74) is 0.168. The predicted octanol–water partition coefficient (Wildman–Crippen LogP) is 3.67. The Bertz CT molecular complexity index is 459. The van der Waals surface area contributed by atoms with Crippen LogP contribution in [-0.4, -0.2) is 30.1 Å². The molecule has 0 aliphatic carbocycles. The SMILES string of the molecule is CCCC1CN(Cc2cccc(C(F)(F)F)c2)C(C)CN1. The molecule has 2 nitrogen and oxygen atoms in total. The molecule has 1 heterocycles. The zero-order chi connectivity index (χ0) is 15.5. The second-order valence-corrected chi connectivity index (χ2v) is 5.87. The molecular weight excluding hydrogens is 277 g/mol. The van der Waals surface area contributed by atoms with E-state index in [4.69, 9.17) is 0 Å². The van der Waals surface area contributed by atoms with Crippen LogP contribution >= 0.6 is 0 Å². The monoisotopic (exact) mass is 300 g/mol. The third kappa shape index (κ3) is 4.45. The van der Waals surface area contributed by atoms with E-state index in [1.54, 1.807) is 6.07 Å². The Hall–Kier alpha value is -1.07. The Kier molecular flexibility index (Phi) is 5.27. The lowest BCUT2D eigenvalue weighted by Gasteiger charge is -2.39.